The molecule has 1 N–H and O–H groups in total. The van der Waals surface area contributed by atoms with E-state index >= 15 is 0 Å². The number of benzene rings is 1. The molecule has 0 saturated carbocycles. The van der Waals surface area contributed by atoms with E-state index in [-0.39, 0.29) is 0 Å². The minimum atomic E-state index is -0.657. The number of nitrogens with zero attached hydrogens (tertiary/aromatic N) is 3. The molecule has 1 aliphatic heterocycles. The molecule has 2 amide bonds. The number of para-hydroxylation sites is 2. The van der Waals surface area contributed by atoms with Crippen LogP contribution in [0.1, 0.15) is 0 Å². The molecule has 1 fully saturated rings. The maximum atomic E-state index is 12.4. The van der Waals surface area contributed by atoms with Gasteiger partial charge in [-0.05, 0) is 24.3 Å². The van der Waals surface area contributed by atoms with E-state index in [2.05, 4.69) is 15.2 Å². The van der Waals surface area contributed by atoms with Crippen molar-refractivity contribution in [2.24, 2.45) is 0 Å². The highest BCUT2D eigenvalue weighted by atomic mass is 16.5. The molecule has 2 heterocycles. The average molecular weight is 340 g/mol. The molecule has 2 aromatic rings. The monoisotopic (exact) mass is 340 g/mol. The number of ether oxygens (including phenoxy) is 1. The zero-order valence-corrected chi connectivity index (χ0v) is 14.0. The van der Waals surface area contributed by atoms with Crippen molar-refractivity contribution < 1.29 is 14.3 Å². The first-order chi connectivity index (χ1) is 12.2. The second-order valence-corrected chi connectivity index (χ2v) is 5.62. The van der Waals surface area contributed by atoms with Crippen LogP contribution in [0.2, 0.25) is 0 Å². The number of aromatic nitrogens is 1. The predicted octanol–water partition coefficient (Wildman–Crippen LogP) is 1.38. The lowest BCUT2D eigenvalue weighted by molar-refractivity contribution is -0.143. The van der Waals surface area contributed by atoms with Gasteiger partial charge in [-0.15, -0.1) is 0 Å². The van der Waals surface area contributed by atoms with Crippen molar-refractivity contribution in [2.45, 2.75) is 0 Å². The number of pyridine rings is 1. The summed E-state index contributed by atoms with van der Waals surface area (Å²) < 4.78 is 5.18. The second-order valence-electron chi connectivity index (χ2n) is 5.62. The molecule has 0 radical (unpaired) electrons. The lowest BCUT2D eigenvalue weighted by Crippen LogP contribution is -2.51. The number of methoxy groups -OCH3 is 1. The van der Waals surface area contributed by atoms with Gasteiger partial charge in [0.05, 0.1) is 12.8 Å². The summed E-state index contributed by atoms with van der Waals surface area (Å²) in [6, 6.07) is 12.7. The maximum absolute atomic E-state index is 12.4. The Morgan fingerprint density at radius 3 is 2.44 bits per heavy atom. The largest absolute Gasteiger partial charge is 0.495 e. The molecule has 0 atom stereocenters. The number of carbonyl (C=O) groups is 2. The summed E-state index contributed by atoms with van der Waals surface area (Å²) >= 11 is 0. The van der Waals surface area contributed by atoms with E-state index in [0.717, 1.165) is 5.82 Å². The fraction of sp³-hybridized carbons (Fsp3) is 0.278. The summed E-state index contributed by atoms with van der Waals surface area (Å²) in [5, 5.41) is 2.62. The van der Waals surface area contributed by atoms with Gasteiger partial charge in [0.1, 0.15) is 11.6 Å². The van der Waals surface area contributed by atoms with Crippen molar-refractivity contribution >= 4 is 23.3 Å². The van der Waals surface area contributed by atoms with Gasteiger partial charge in [-0.2, -0.15) is 0 Å². The Hall–Kier alpha value is -3.09. The summed E-state index contributed by atoms with van der Waals surface area (Å²) in [6.07, 6.45) is 1.74. The van der Waals surface area contributed by atoms with Gasteiger partial charge in [0.2, 0.25) is 0 Å². The van der Waals surface area contributed by atoms with E-state index in [1.807, 2.05) is 18.2 Å². The third kappa shape index (κ3) is 3.88. The van der Waals surface area contributed by atoms with Crippen molar-refractivity contribution in [3.63, 3.8) is 0 Å². The van der Waals surface area contributed by atoms with Gasteiger partial charge in [0, 0.05) is 32.4 Å². The molecule has 0 unspecified atom stereocenters. The number of piperazine rings is 1. The quantitative estimate of drug-likeness (QED) is 0.855. The first-order valence-electron chi connectivity index (χ1n) is 8.08. The highest BCUT2D eigenvalue weighted by molar-refractivity contribution is 6.39. The van der Waals surface area contributed by atoms with Gasteiger partial charge in [0.25, 0.3) is 0 Å². The SMILES string of the molecule is COc1ccccc1NC(=O)C(=O)N1CCN(c2ccccn2)CC1. The summed E-state index contributed by atoms with van der Waals surface area (Å²) in [6.45, 7) is 2.25. The standard InChI is InChI=1S/C18H20N4O3/c1-25-15-7-3-2-6-14(15)20-17(23)18(24)22-12-10-21(11-13-22)16-8-4-5-9-19-16/h2-9H,10-13H2,1H3,(H,20,23). The third-order valence-corrected chi connectivity index (χ3v) is 4.09. The molecule has 1 aromatic carbocycles. The summed E-state index contributed by atoms with van der Waals surface area (Å²) in [5.74, 6) is 0.207. The van der Waals surface area contributed by atoms with Crippen LogP contribution in [0.5, 0.6) is 5.75 Å². The van der Waals surface area contributed by atoms with Crippen LogP contribution in [0.4, 0.5) is 11.5 Å². The Balaban J connectivity index is 1.58. The van der Waals surface area contributed by atoms with Gasteiger partial charge in [-0.25, -0.2) is 4.98 Å². The minimum Gasteiger partial charge on any atom is -0.495 e. The molecule has 0 aliphatic carbocycles. The molecule has 0 spiro atoms. The van der Waals surface area contributed by atoms with Gasteiger partial charge in [-0.1, -0.05) is 18.2 Å². The first kappa shape index (κ1) is 16.8. The summed E-state index contributed by atoms with van der Waals surface area (Å²) in [4.78, 5) is 32.6. The third-order valence-electron chi connectivity index (χ3n) is 4.09. The highest BCUT2D eigenvalue weighted by Gasteiger charge is 2.26. The minimum absolute atomic E-state index is 0.481. The molecular formula is C18H20N4O3. The molecule has 0 bridgehead atoms. The Labute approximate surface area is 146 Å². The van der Waals surface area contributed by atoms with Crippen molar-refractivity contribution in [1.29, 1.82) is 0 Å². The number of rotatable bonds is 3. The van der Waals surface area contributed by atoms with Crippen LogP contribution in [0, 0.1) is 0 Å². The first-order valence-corrected chi connectivity index (χ1v) is 8.08. The van der Waals surface area contributed by atoms with Crippen LogP contribution in [0.15, 0.2) is 48.7 Å². The summed E-state index contributed by atoms with van der Waals surface area (Å²) in [5.41, 5.74) is 0.482. The molecule has 7 heteroatoms. The van der Waals surface area contributed by atoms with E-state index in [1.54, 1.807) is 35.4 Å². The molecular weight excluding hydrogens is 320 g/mol. The predicted molar refractivity (Wildman–Crippen MR) is 94.7 cm³/mol. The molecule has 1 aliphatic rings. The van der Waals surface area contributed by atoms with Gasteiger partial charge < -0.3 is 19.9 Å². The zero-order chi connectivity index (χ0) is 17.6. The van der Waals surface area contributed by atoms with E-state index in [0.29, 0.717) is 37.6 Å². The van der Waals surface area contributed by atoms with Crippen LogP contribution in [-0.2, 0) is 9.59 Å². The van der Waals surface area contributed by atoms with Crippen molar-refractivity contribution in [3.8, 4) is 5.75 Å². The number of hydrogen-bond donors (Lipinski definition) is 1. The maximum Gasteiger partial charge on any atom is 0.314 e. The number of anilines is 2. The fourth-order valence-electron chi connectivity index (χ4n) is 2.75. The number of nitrogens with one attached hydrogen (secondary N) is 1. The second kappa shape index (κ2) is 7.65. The lowest BCUT2D eigenvalue weighted by atomic mass is 10.2. The van der Waals surface area contributed by atoms with Crippen LogP contribution in [0.25, 0.3) is 0 Å². The van der Waals surface area contributed by atoms with Crippen molar-refractivity contribution in [2.75, 3.05) is 43.5 Å². The van der Waals surface area contributed by atoms with Gasteiger partial charge >= 0.3 is 11.8 Å². The topological polar surface area (TPSA) is 74.8 Å². The van der Waals surface area contributed by atoms with Gasteiger partial charge in [-0.3, -0.25) is 9.59 Å². The molecule has 1 saturated heterocycles. The Bertz CT molecular complexity index is 743. The van der Waals surface area contributed by atoms with E-state index < -0.39 is 11.8 Å². The van der Waals surface area contributed by atoms with Crippen LogP contribution in [-0.4, -0.2) is 55.0 Å². The molecule has 7 nitrogen and oxygen atoms in total. The average Bonchev–Trinajstić information content (AvgIpc) is 2.68. The Morgan fingerprint density at radius 1 is 1.04 bits per heavy atom. The Morgan fingerprint density at radius 2 is 1.76 bits per heavy atom. The van der Waals surface area contributed by atoms with Crippen LogP contribution < -0.4 is 15.0 Å². The normalized spacial score (nSPS) is 14.1. The number of hydrogen-bond acceptors (Lipinski definition) is 5. The van der Waals surface area contributed by atoms with Crippen LogP contribution >= 0.6 is 0 Å². The smallest absolute Gasteiger partial charge is 0.314 e. The van der Waals surface area contributed by atoms with Gasteiger partial charge in [0.15, 0.2) is 0 Å². The molecule has 130 valence electrons. The van der Waals surface area contributed by atoms with Crippen molar-refractivity contribution in [1.82, 2.24) is 9.88 Å². The fourth-order valence-corrected chi connectivity index (χ4v) is 2.75. The van der Waals surface area contributed by atoms with E-state index in [4.69, 9.17) is 4.74 Å². The lowest BCUT2D eigenvalue weighted by Gasteiger charge is -2.35. The molecule has 1 aromatic heterocycles. The Kier molecular flexibility index (Phi) is 5.13. The molecule has 25 heavy (non-hydrogen) atoms. The van der Waals surface area contributed by atoms with Crippen LogP contribution in [0.3, 0.4) is 0 Å². The van der Waals surface area contributed by atoms with E-state index in [1.165, 1.54) is 7.11 Å². The molecule has 3 rings (SSSR count). The number of amides is 2. The summed E-state index contributed by atoms with van der Waals surface area (Å²) in [7, 11) is 1.52. The zero-order valence-electron chi connectivity index (χ0n) is 14.0. The number of carbonyl (C=O) groups excluding carboxylic acids is 2. The highest BCUT2D eigenvalue weighted by Crippen LogP contribution is 2.23. The van der Waals surface area contributed by atoms with Crippen molar-refractivity contribution in [3.05, 3.63) is 48.7 Å². The van der Waals surface area contributed by atoms with E-state index in [9.17, 15) is 9.59 Å².